The van der Waals surface area contributed by atoms with E-state index in [2.05, 4.69) is 48.8 Å². The van der Waals surface area contributed by atoms with E-state index in [1.807, 2.05) is 47.4 Å². The number of hydrogen-bond acceptors (Lipinski definition) is 3. The summed E-state index contributed by atoms with van der Waals surface area (Å²) in [6.07, 6.45) is 1.62. The lowest BCUT2D eigenvalue weighted by atomic mass is 9.84. The van der Waals surface area contributed by atoms with Gasteiger partial charge in [-0.1, -0.05) is 60.1 Å². The van der Waals surface area contributed by atoms with Gasteiger partial charge in [0.2, 0.25) is 0 Å². The molecule has 2 aromatic carbocycles. The number of ether oxygens (including phenoxy) is 2. The Hall–Kier alpha value is -1.85. The zero-order chi connectivity index (χ0) is 22.0. The van der Waals surface area contributed by atoms with E-state index in [9.17, 15) is 4.79 Å². The van der Waals surface area contributed by atoms with Gasteiger partial charge in [0.05, 0.1) is 18.8 Å². The number of hydrogen-bond donors (Lipinski definition) is 0. The maximum absolute atomic E-state index is 13.4. The first-order chi connectivity index (χ1) is 14.8. The van der Waals surface area contributed by atoms with Gasteiger partial charge in [-0.3, -0.25) is 9.69 Å². The largest absolute Gasteiger partial charge is 0.497 e. The van der Waals surface area contributed by atoms with Crippen molar-refractivity contribution in [1.29, 1.82) is 0 Å². The van der Waals surface area contributed by atoms with Gasteiger partial charge in [-0.25, -0.2) is 0 Å². The number of nitrogens with zero attached hydrogens (tertiary/aromatic N) is 1. The first-order valence-electron chi connectivity index (χ1n) is 11.1. The summed E-state index contributed by atoms with van der Waals surface area (Å²) in [4.78, 5) is 15.5. The fourth-order valence-electron chi connectivity index (χ4n) is 5.76. The average molecular weight is 484 g/mol. The second-order valence-corrected chi connectivity index (χ2v) is 11.2. The van der Waals surface area contributed by atoms with Crippen molar-refractivity contribution >= 4 is 27.5 Å². The molecular weight excluding hydrogens is 454 g/mol. The molecule has 3 fully saturated rings. The van der Waals surface area contributed by atoms with Crippen LogP contribution < -0.4 is 9.64 Å². The first-order valence-corrected chi connectivity index (χ1v) is 12.0. The van der Waals surface area contributed by atoms with Gasteiger partial charge in [-0.15, -0.1) is 0 Å². The molecule has 1 saturated heterocycles. The predicted molar refractivity (Wildman–Crippen MR) is 126 cm³/mol. The van der Waals surface area contributed by atoms with Crippen LogP contribution in [0.2, 0.25) is 0 Å². The highest BCUT2D eigenvalue weighted by atomic mass is 79.9. The minimum Gasteiger partial charge on any atom is -0.497 e. The van der Waals surface area contributed by atoms with Crippen molar-refractivity contribution in [1.82, 2.24) is 0 Å². The maximum Gasteiger partial charge on any atom is 0.259 e. The molecule has 2 saturated carbocycles. The summed E-state index contributed by atoms with van der Waals surface area (Å²) < 4.78 is 12.0. The van der Waals surface area contributed by atoms with Crippen molar-refractivity contribution in [2.75, 3.05) is 12.0 Å². The predicted octanol–water partition coefficient (Wildman–Crippen LogP) is 5.76. The number of β-lactam (4-membered cyclic amide) rings is 1. The van der Waals surface area contributed by atoms with E-state index in [4.69, 9.17) is 9.47 Å². The lowest BCUT2D eigenvalue weighted by molar-refractivity contribution is -0.164. The molecule has 5 rings (SSSR count). The van der Waals surface area contributed by atoms with Crippen molar-refractivity contribution in [2.45, 2.75) is 56.2 Å². The Balaban J connectivity index is 1.43. The normalized spacial score (nSPS) is 35.8. The molecule has 31 heavy (non-hydrogen) atoms. The molecule has 0 radical (unpaired) electrons. The number of amides is 1. The highest BCUT2D eigenvalue weighted by Crippen LogP contribution is 2.68. The van der Waals surface area contributed by atoms with Crippen LogP contribution in [0, 0.1) is 17.3 Å². The lowest BCUT2D eigenvalue weighted by Crippen LogP contribution is -2.63. The third-order valence-corrected chi connectivity index (χ3v) is 9.31. The number of carbonyl (C=O) groups is 1. The number of methoxy groups -OCH3 is 1. The highest BCUT2D eigenvalue weighted by molar-refractivity contribution is 9.09. The molecule has 0 bridgehead atoms. The summed E-state index contributed by atoms with van der Waals surface area (Å²) in [5.41, 5.74) is 1.99. The standard InChI is InChI=1S/C26H30BrNO3/c1-25(2)19-14-21(27)26(3,15-20(19)25)31-23-22(16-8-6-5-7-9-16)28(24(23)29)17-10-12-18(30-4)13-11-17/h5-13,19-23H,14-15H2,1-4H3/t19-,20+,21-,22-,23+,26-/m1/s1. The van der Waals surface area contributed by atoms with Crippen molar-refractivity contribution in [3.8, 4) is 5.75 Å². The van der Waals surface area contributed by atoms with Gasteiger partial charge in [0.25, 0.3) is 5.91 Å². The number of anilines is 1. The van der Waals surface area contributed by atoms with Crippen LogP contribution >= 0.6 is 15.9 Å². The Labute approximate surface area is 193 Å². The zero-order valence-electron chi connectivity index (χ0n) is 18.5. The number of halogens is 1. The summed E-state index contributed by atoms with van der Waals surface area (Å²) in [6.45, 7) is 6.91. The lowest BCUT2D eigenvalue weighted by Gasteiger charge is -2.51. The molecule has 6 atom stereocenters. The van der Waals surface area contributed by atoms with E-state index in [1.54, 1.807) is 7.11 Å². The van der Waals surface area contributed by atoms with E-state index in [0.717, 1.165) is 35.8 Å². The molecule has 4 nitrogen and oxygen atoms in total. The summed E-state index contributed by atoms with van der Waals surface area (Å²) in [6, 6.07) is 17.7. The van der Waals surface area contributed by atoms with Crippen molar-refractivity contribution < 1.29 is 14.3 Å². The second kappa shape index (κ2) is 7.35. The van der Waals surface area contributed by atoms with Crippen LogP contribution in [0.1, 0.15) is 45.2 Å². The van der Waals surface area contributed by atoms with Crippen LogP contribution in [0.15, 0.2) is 54.6 Å². The molecule has 2 aromatic rings. The number of fused-ring (bicyclic) bond motifs is 1. The molecule has 0 unspecified atom stereocenters. The molecule has 2 aliphatic carbocycles. The third-order valence-electron chi connectivity index (χ3n) is 7.97. The van der Waals surface area contributed by atoms with E-state index in [-0.39, 0.29) is 22.4 Å². The molecule has 5 heteroatoms. The van der Waals surface area contributed by atoms with Crippen molar-refractivity contribution in [2.24, 2.45) is 17.3 Å². The summed E-state index contributed by atoms with van der Waals surface area (Å²) in [5, 5.41) is 0. The number of carbonyl (C=O) groups excluding carboxylic acids is 1. The third kappa shape index (κ3) is 3.32. The Morgan fingerprint density at radius 3 is 2.32 bits per heavy atom. The summed E-state index contributed by atoms with van der Waals surface area (Å²) in [7, 11) is 1.65. The van der Waals surface area contributed by atoms with E-state index in [1.165, 1.54) is 0 Å². The van der Waals surface area contributed by atoms with Gasteiger partial charge in [-0.05, 0) is 66.8 Å². The maximum atomic E-state index is 13.4. The van der Waals surface area contributed by atoms with Crippen molar-refractivity contribution in [3.05, 3.63) is 60.2 Å². The van der Waals surface area contributed by atoms with Gasteiger partial charge in [-0.2, -0.15) is 0 Å². The molecule has 164 valence electrons. The van der Waals surface area contributed by atoms with Crippen LogP contribution in [-0.2, 0) is 9.53 Å². The molecule has 0 aromatic heterocycles. The second-order valence-electron chi connectivity index (χ2n) is 10.1. The van der Waals surface area contributed by atoms with Gasteiger partial charge < -0.3 is 9.47 Å². The SMILES string of the molecule is COc1ccc(N2C(=O)[C@@H](O[C@]3(C)C[C@H]4[C@@H](C[C@H]3Br)C4(C)C)[C@H]2c2ccccc2)cc1. The average Bonchev–Trinajstić information content (AvgIpc) is 3.29. The fraction of sp³-hybridized carbons (Fsp3) is 0.500. The van der Waals surface area contributed by atoms with Crippen molar-refractivity contribution in [3.63, 3.8) is 0 Å². The Kier molecular flexibility index (Phi) is 4.98. The fourth-order valence-corrected chi connectivity index (χ4v) is 6.46. The molecule has 1 amide bonds. The summed E-state index contributed by atoms with van der Waals surface area (Å²) >= 11 is 3.92. The smallest absolute Gasteiger partial charge is 0.259 e. The molecule has 1 aliphatic heterocycles. The van der Waals surface area contributed by atoms with Crippen LogP contribution in [0.5, 0.6) is 5.75 Å². The Morgan fingerprint density at radius 2 is 1.68 bits per heavy atom. The highest BCUT2D eigenvalue weighted by Gasteiger charge is 2.65. The van der Waals surface area contributed by atoms with E-state index in [0.29, 0.717) is 11.3 Å². The summed E-state index contributed by atoms with van der Waals surface area (Å²) in [5.74, 6) is 2.23. The van der Waals surface area contributed by atoms with Gasteiger partial charge in [0, 0.05) is 10.5 Å². The quantitative estimate of drug-likeness (QED) is 0.400. The van der Waals surface area contributed by atoms with Gasteiger partial charge in [0.1, 0.15) is 5.75 Å². The number of benzene rings is 2. The van der Waals surface area contributed by atoms with E-state index >= 15 is 0 Å². The minimum atomic E-state index is -0.479. The van der Waals surface area contributed by atoms with Crippen LogP contribution in [0.4, 0.5) is 5.69 Å². The Bertz CT molecular complexity index is 976. The molecule has 3 aliphatic rings. The molecular formula is C26H30BrNO3. The van der Waals surface area contributed by atoms with Crippen LogP contribution in [-0.4, -0.2) is 29.5 Å². The number of alkyl halides is 1. The van der Waals surface area contributed by atoms with E-state index < -0.39 is 6.10 Å². The van der Waals surface area contributed by atoms with Gasteiger partial charge in [0.15, 0.2) is 6.10 Å². The Morgan fingerprint density at radius 1 is 1.00 bits per heavy atom. The first kappa shape index (κ1) is 21.0. The van der Waals surface area contributed by atoms with Crippen LogP contribution in [0.3, 0.4) is 0 Å². The monoisotopic (exact) mass is 483 g/mol. The molecule has 0 N–H and O–H groups in total. The minimum absolute atomic E-state index is 0.0251. The topological polar surface area (TPSA) is 38.8 Å². The zero-order valence-corrected chi connectivity index (χ0v) is 20.1. The molecule has 0 spiro atoms. The van der Waals surface area contributed by atoms with Gasteiger partial charge >= 0.3 is 0 Å². The number of rotatable bonds is 5. The van der Waals surface area contributed by atoms with Crippen LogP contribution in [0.25, 0.3) is 0 Å². The molecule has 1 heterocycles.